The zero-order valence-corrected chi connectivity index (χ0v) is 11.9. The summed E-state index contributed by atoms with van der Waals surface area (Å²) in [5.74, 6) is 0. The smallest absolute Gasteiger partial charge is 0.0506 e. The van der Waals surface area contributed by atoms with Crippen molar-refractivity contribution in [1.29, 1.82) is 0 Å². The summed E-state index contributed by atoms with van der Waals surface area (Å²) in [6.45, 7) is 8.00. The van der Waals surface area contributed by atoms with Gasteiger partial charge in [0.05, 0.1) is 5.52 Å². The van der Waals surface area contributed by atoms with Crippen LogP contribution < -0.4 is 5.73 Å². The molecule has 3 heteroatoms. The normalized spacial score (nSPS) is 16.8. The van der Waals surface area contributed by atoms with Crippen LogP contribution in [0.15, 0.2) is 24.4 Å². The molecule has 19 heavy (non-hydrogen) atoms. The Morgan fingerprint density at radius 2 is 1.95 bits per heavy atom. The van der Waals surface area contributed by atoms with Crippen molar-refractivity contribution in [3.63, 3.8) is 0 Å². The highest BCUT2D eigenvalue weighted by Crippen LogP contribution is 2.28. The molecule has 2 N–H and O–H groups in total. The van der Waals surface area contributed by atoms with E-state index in [1.165, 1.54) is 42.4 Å². The molecule has 0 saturated carbocycles. The van der Waals surface area contributed by atoms with E-state index in [0.29, 0.717) is 6.04 Å². The van der Waals surface area contributed by atoms with Crippen molar-refractivity contribution < 1.29 is 0 Å². The van der Waals surface area contributed by atoms with Crippen LogP contribution in [-0.4, -0.2) is 22.6 Å². The van der Waals surface area contributed by atoms with Crippen molar-refractivity contribution in [2.75, 3.05) is 18.8 Å². The quantitative estimate of drug-likeness (QED) is 0.855. The zero-order chi connectivity index (χ0) is 13.4. The van der Waals surface area contributed by atoms with Gasteiger partial charge in [-0.2, -0.15) is 0 Å². The molecule has 1 saturated heterocycles. The second-order valence-corrected chi connectivity index (χ2v) is 5.92. The van der Waals surface area contributed by atoms with E-state index in [-0.39, 0.29) is 0 Å². The first-order valence-electron chi connectivity index (χ1n) is 7.26. The molecule has 1 aliphatic rings. The Labute approximate surface area is 115 Å². The predicted octanol–water partition coefficient (Wildman–Crippen LogP) is 3.40. The lowest BCUT2D eigenvalue weighted by molar-refractivity contribution is 0.332. The van der Waals surface area contributed by atoms with Gasteiger partial charge in [-0.1, -0.05) is 6.07 Å². The molecule has 0 atom stereocenters. The van der Waals surface area contributed by atoms with Gasteiger partial charge in [-0.15, -0.1) is 0 Å². The van der Waals surface area contributed by atoms with Crippen LogP contribution in [0.25, 0.3) is 10.9 Å². The van der Waals surface area contributed by atoms with E-state index >= 15 is 0 Å². The van der Waals surface area contributed by atoms with Gasteiger partial charge in [0.25, 0.3) is 0 Å². The molecule has 2 aromatic rings. The topological polar surface area (TPSA) is 34.2 Å². The van der Waals surface area contributed by atoms with Crippen molar-refractivity contribution in [2.24, 2.45) is 0 Å². The average molecular weight is 257 g/mol. The molecule has 1 aromatic heterocycles. The highest BCUT2D eigenvalue weighted by molar-refractivity contribution is 5.86. The summed E-state index contributed by atoms with van der Waals surface area (Å²) in [4.78, 5) is 2.55. The van der Waals surface area contributed by atoms with Crippen LogP contribution >= 0.6 is 0 Å². The van der Waals surface area contributed by atoms with Gasteiger partial charge >= 0.3 is 0 Å². The minimum atomic E-state index is 0.469. The molecule has 0 unspecified atom stereocenters. The van der Waals surface area contributed by atoms with Crippen LogP contribution in [0.4, 0.5) is 5.69 Å². The summed E-state index contributed by atoms with van der Waals surface area (Å²) in [5.41, 5.74) is 9.49. The van der Waals surface area contributed by atoms with Gasteiger partial charge in [0.1, 0.15) is 0 Å². The summed E-state index contributed by atoms with van der Waals surface area (Å²) in [5, 5.41) is 1.36. The van der Waals surface area contributed by atoms with Crippen LogP contribution in [-0.2, 0) is 6.54 Å². The number of benzene rings is 1. The second-order valence-electron chi connectivity index (χ2n) is 5.92. The molecule has 0 spiro atoms. The maximum Gasteiger partial charge on any atom is 0.0506 e. The molecule has 0 aliphatic carbocycles. The molecule has 0 bridgehead atoms. The number of nitrogens with two attached hydrogens (primary N) is 1. The lowest BCUT2D eigenvalue weighted by Crippen LogP contribution is -2.18. The van der Waals surface area contributed by atoms with Crippen molar-refractivity contribution >= 4 is 16.6 Å². The standard InChI is InChI=1S/C16H23N3/c1-12(2)19-11-13(10-18-7-3-4-8-18)15-6-5-14(17)9-16(15)19/h5-6,9,11-12H,3-4,7-8,10,17H2,1-2H3. The monoisotopic (exact) mass is 257 g/mol. The fourth-order valence-electron chi connectivity index (χ4n) is 3.08. The molecule has 1 aromatic carbocycles. The van der Waals surface area contributed by atoms with E-state index in [9.17, 15) is 0 Å². The van der Waals surface area contributed by atoms with Crippen LogP contribution in [0.3, 0.4) is 0 Å². The Balaban J connectivity index is 2.03. The van der Waals surface area contributed by atoms with Crippen LogP contribution in [0.5, 0.6) is 0 Å². The number of nitrogens with zero attached hydrogens (tertiary/aromatic N) is 2. The number of hydrogen-bond donors (Lipinski definition) is 1. The number of hydrogen-bond acceptors (Lipinski definition) is 2. The molecule has 0 radical (unpaired) electrons. The van der Waals surface area contributed by atoms with E-state index < -0.39 is 0 Å². The minimum absolute atomic E-state index is 0.469. The Kier molecular flexibility index (Phi) is 3.23. The third-order valence-corrected chi connectivity index (χ3v) is 4.09. The first kappa shape index (κ1) is 12.5. The molecule has 1 aliphatic heterocycles. The highest BCUT2D eigenvalue weighted by atomic mass is 15.1. The lowest BCUT2D eigenvalue weighted by Gasteiger charge is -2.13. The van der Waals surface area contributed by atoms with Gasteiger partial charge in [-0.3, -0.25) is 4.90 Å². The second kappa shape index (κ2) is 4.89. The molecule has 0 amide bonds. The molecule has 3 nitrogen and oxygen atoms in total. The summed E-state index contributed by atoms with van der Waals surface area (Å²) in [6.07, 6.45) is 5.00. The first-order valence-corrected chi connectivity index (χ1v) is 7.26. The molecule has 102 valence electrons. The van der Waals surface area contributed by atoms with E-state index in [1.807, 2.05) is 6.07 Å². The van der Waals surface area contributed by atoms with Crippen molar-refractivity contribution in [3.05, 3.63) is 30.0 Å². The number of rotatable bonds is 3. The Morgan fingerprint density at radius 3 is 2.63 bits per heavy atom. The SMILES string of the molecule is CC(C)n1cc(CN2CCCC2)c2ccc(N)cc21. The number of fused-ring (bicyclic) bond motifs is 1. The molecule has 2 heterocycles. The third kappa shape index (κ3) is 2.35. The lowest BCUT2D eigenvalue weighted by atomic mass is 10.1. The zero-order valence-electron chi connectivity index (χ0n) is 11.9. The average Bonchev–Trinajstić information content (AvgIpc) is 2.97. The van der Waals surface area contributed by atoms with Gasteiger partial charge in [0.15, 0.2) is 0 Å². The predicted molar refractivity (Wildman–Crippen MR) is 81.2 cm³/mol. The van der Waals surface area contributed by atoms with Crippen LogP contribution in [0.1, 0.15) is 38.3 Å². The fourth-order valence-corrected chi connectivity index (χ4v) is 3.08. The molecular formula is C16H23N3. The van der Waals surface area contributed by atoms with E-state index in [4.69, 9.17) is 5.73 Å². The van der Waals surface area contributed by atoms with Crippen molar-refractivity contribution in [2.45, 2.75) is 39.3 Å². The maximum absolute atomic E-state index is 5.94. The number of likely N-dealkylation sites (tertiary alicyclic amines) is 1. The summed E-state index contributed by atoms with van der Waals surface area (Å²) in [6, 6.07) is 6.76. The van der Waals surface area contributed by atoms with Gasteiger partial charge < -0.3 is 10.3 Å². The highest BCUT2D eigenvalue weighted by Gasteiger charge is 2.16. The maximum atomic E-state index is 5.94. The Hall–Kier alpha value is -1.48. The number of aromatic nitrogens is 1. The third-order valence-electron chi connectivity index (χ3n) is 4.09. The Morgan fingerprint density at radius 1 is 1.21 bits per heavy atom. The van der Waals surface area contributed by atoms with Gasteiger partial charge in [-0.25, -0.2) is 0 Å². The number of anilines is 1. The molecular weight excluding hydrogens is 234 g/mol. The van der Waals surface area contributed by atoms with Gasteiger partial charge in [-0.05, 0) is 57.5 Å². The van der Waals surface area contributed by atoms with Gasteiger partial charge in [0.2, 0.25) is 0 Å². The van der Waals surface area contributed by atoms with Crippen molar-refractivity contribution in [3.8, 4) is 0 Å². The van der Waals surface area contributed by atoms with Crippen LogP contribution in [0.2, 0.25) is 0 Å². The fraction of sp³-hybridized carbons (Fsp3) is 0.500. The van der Waals surface area contributed by atoms with E-state index in [0.717, 1.165) is 12.2 Å². The summed E-state index contributed by atoms with van der Waals surface area (Å²) in [7, 11) is 0. The summed E-state index contributed by atoms with van der Waals surface area (Å²) < 4.78 is 2.34. The molecule has 1 fully saturated rings. The molecule has 3 rings (SSSR count). The minimum Gasteiger partial charge on any atom is -0.399 e. The number of nitrogen functional groups attached to an aromatic ring is 1. The van der Waals surface area contributed by atoms with E-state index in [1.54, 1.807) is 0 Å². The largest absolute Gasteiger partial charge is 0.399 e. The van der Waals surface area contributed by atoms with Crippen LogP contribution in [0, 0.1) is 0 Å². The summed E-state index contributed by atoms with van der Waals surface area (Å²) >= 11 is 0. The Bertz CT molecular complexity index is 577. The van der Waals surface area contributed by atoms with E-state index in [2.05, 4.69) is 41.6 Å². The van der Waals surface area contributed by atoms with Crippen molar-refractivity contribution in [1.82, 2.24) is 9.47 Å². The van der Waals surface area contributed by atoms with Gasteiger partial charge in [0, 0.05) is 29.9 Å². The first-order chi connectivity index (χ1) is 9.15.